The minimum Gasteiger partial charge on any atom is -0.508 e. The van der Waals surface area contributed by atoms with Gasteiger partial charge in [-0.3, -0.25) is 0 Å². The molecule has 2 aromatic rings. The van der Waals surface area contributed by atoms with Gasteiger partial charge in [0.25, 0.3) is 0 Å². The average Bonchev–Trinajstić information content (AvgIpc) is 3.33. The molecule has 2 fully saturated rings. The second-order valence-electron chi connectivity index (χ2n) is 10.6. The van der Waals surface area contributed by atoms with Crippen LogP contribution in [0.1, 0.15) is 11.1 Å². The number of phenols is 2. The highest BCUT2D eigenvalue weighted by molar-refractivity contribution is 5.87. The molecule has 256 valence electrons. The topological polar surface area (TPSA) is 251 Å². The highest BCUT2D eigenvalue weighted by atomic mass is 16.8. The number of rotatable bonds is 12. The van der Waals surface area contributed by atoms with E-state index in [9.17, 15) is 50.4 Å². The molecule has 2 aliphatic rings. The van der Waals surface area contributed by atoms with Gasteiger partial charge in [0.1, 0.15) is 55.6 Å². The van der Waals surface area contributed by atoms with Gasteiger partial charge in [-0.25, -0.2) is 9.59 Å². The molecule has 2 aromatic carbocycles. The molecule has 16 heteroatoms. The minimum absolute atomic E-state index is 0.0337. The highest BCUT2D eigenvalue weighted by Gasteiger charge is 2.60. The molecule has 16 nitrogen and oxygen atoms in total. The van der Waals surface area contributed by atoms with E-state index in [1.165, 1.54) is 49.6 Å². The number of benzene rings is 2. The van der Waals surface area contributed by atoms with Crippen LogP contribution in [0.4, 0.5) is 0 Å². The van der Waals surface area contributed by atoms with Crippen LogP contribution in [0.25, 0.3) is 12.2 Å². The number of phenolic OH excluding ortho intramolecular Hbond substituents is 2. The Morgan fingerprint density at radius 3 is 2.17 bits per heavy atom. The van der Waals surface area contributed by atoms with Crippen molar-refractivity contribution in [1.29, 1.82) is 0 Å². The third-order valence-corrected chi connectivity index (χ3v) is 7.41. The minimum atomic E-state index is -2.46. The van der Waals surface area contributed by atoms with Crippen LogP contribution >= 0.6 is 0 Å². The van der Waals surface area contributed by atoms with Crippen LogP contribution in [0, 0.1) is 0 Å². The predicted molar refractivity (Wildman–Crippen MR) is 157 cm³/mol. The number of hydrogen-bond acceptors (Lipinski definition) is 16. The zero-order chi connectivity index (χ0) is 34.3. The van der Waals surface area contributed by atoms with Gasteiger partial charge in [0.2, 0.25) is 5.79 Å². The lowest BCUT2D eigenvalue weighted by Gasteiger charge is -2.43. The van der Waals surface area contributed by atoms with Crippen LogP contribution in [0.5, 0.6) is 17.2 Å². The lowest BCUT2D eigenvalue weighted by Crippen LogP contribution is -2.63. The van der Waals surface area contributed by atoms with Crippen LogP contribution < -0.4 is 4.74 Å². The van der Waals surface area contributed by atoms with Gasteiger partial charge in [-0.05, 0) is 47.5 Å². The Kier molecular flexibility index (Phi) is 11.9. The Morgan fingerprint density at radius 2 is 1.51 bits per heavy atom. The van der Waals surface area contributed by atoms with E-state index >= 15 is 0 Å². The molecule has 0 saturated carbocycles. The zero-order valence-corrected chi connectivity index (χ0v) is 24.9. The van der Waals surface area contributed by atoms with Crippen molar-refractivity contribution in [2.24, 2.45) is 0 Å². The van der Waals surface area contributed by atoms with E-state index in [4.69, 9.17) is 28.4 Å². The summed E-state index contributed by atoms with van der Waals surface area (Å²) in [5.74, 6) is -4.35. The van der Waals surface area contributed by atoms with E-state index in [-0.39, 0.29) is 17.2 Å². The smallest absolute Gasteiger partial charge is 0.331 e. The van der Waals surface area contributed by atoms with E-state index in [1.807, 2.05) is 0 Å². The van der Waals surface area contributed by atoms with Crippen molar-refractivity contribution in [3.63, 3.8) is 0 Å². The van der Waals surface area contributed by atoms with Crippen LogP contribution in [0.15, 0.2) is 54.6 Å². The fraction of sp³-hybridized carbons (Fsp3) is 0.419. The van der Waals surface area contributed by atoms with E-state index in [2.05, 4.69) is 0 Å². The molecule has 0 bridgehead atoms. The summed E-state index contributed by atoms with van der Waals surface area (Å²) in [4.78, 5) is 25.0. The van der Waals surface area contributed by atoms with Gasteiger partial charge in [0, 0.05) is 12.2 Å². The summed E-state index contributed by atoms with van der Waals surface area (Å²) in [5, 5.41) is 81.6. The van der Waals surface area contributed by atoms with Crippen molar-refractivity contribution in [2.75, 3.05) is 26.9 Å². The van der Waals surface area contributed by atoms with Crippen LogP contribution in [0.3, 0.4) is 0 Å². The van der Waals surface area contributed by atoms with Crippen molar-refractivity contribution in [3.8, 4) is 17.2 Å². The Balaban J connectivity index is 1.46. The number of hydrogen-bond donors (Lipinski definition) is 8. The normalized spacial score (nSPS) is 30.9. The van der Waals surface area contributed by atoms with E-state index < -0.39 is 86.6 Å². The van der Waals surface area contributed by atoms with Gasteiger partial charge >= 0.3 is 11.9 Å². The number of ether oxygens (including phenoxy) is 6. The van der Waals surface area contributed by atoms with Crippen molar-refractivity contribution < 1.29 is 78.9 Å². The fourth-order valence-corrected chi connectivity index (χ4v) is 4.85. The second-order valence-corrected chi connectivity index (χ2v) is 10.6. The van der Waals surface area contributed by atoms with Gasteiger partial charge in [-0.15, -0.1) is 0 Å². The Labute approximate surface area is 267 Å². The van der Waals surface area contributed by atoms with Crippen molar-refractivity contribution in [3.05, 3.63) is 65.7 Å². The summed E-state index contributed by atoms with van der Waals surface area (Å²) in [6.07, 6.45) is -9.38. The molecule has 4 rings (SSSR count). The standard InChI is InChI=1S/C31H36O16/c1-42-20-12-17(4-9-19(20)35)6-11-24(37)45-29-26(39)21(13-32)46-31(29,15-33)47-30-28(41)27(40)25(38)22(44-30)14-43-23(36)10-5-16-2-7-18(34)8-3-16/h2-12,21-22,25-30,32-35,38-41H,13-15H2,1H3. The number of aliphatic hydroxyl groups excluding tert-OH is 6. The van der Waals surface area contributed by atoms with E-state index in [1.54, 1.807) is 12.1 Å². The molecule has 2 aliphatic heterocycles. The molecule has 0 amide bonds. The molecular formula is C31H36O16. The van der Waals surface area contributed by atoms with Gasteiger partial charge in [0.15, 0.2) is 23.9 Å². The van der Waals surface area contributed by atoms with Crippen molar-refractivity contribution in [2.45, 2.75) is 54.8 Å². The first-order chi connectivity index (χ1) is 22.4. The lowest BCUT2D eigenvalue weighted by atomic mass is 9.99. The molecule has 0 spiro atoms. The number of aliphatic hydroxyl groups is 6. The molecule has 0 radical (unpaired) electrons. The Bertz CT molecular complexity index is 1430. The molecule has 2 heterocycles. The first-order valence-corrected chi connectivity index (χ1v) is 14.3. The summed E-state index contributed by atoms with van der Waals surface area (Å²) in [7, 11) is 1.34. The number of carbonyl (C=O) groups excluding carboxylic acids is 2. The molecule has 8 N–H and O–H groups in total. The summed E-state index contributed by atoms with van der Waals surface area (Å²) in [6.45, 7) is -2.57. The number of methoxy groups -OCH3 is 1. The highest BCUT2D eigenvalue weighted by Crippen LogP contribution is 2.38. The quantitative estimate of drug-likeness (QED) is 0.0955. The van der Waals surface area contributed by atoms with Crippen molar-refractivity contribution in [1.82, 2.24) is 0 Å². The largest absolute Gasteiger partial charge is 0.508 e. The number of esters is 2. The first kappa shape index (κ1) is 35.7. The van der Waals surface area contributed by atoms with Crippen molar-refractivity contribution >= 4 is 24.1 Å². The third-order valence-electron chi connectivity index (χ3n) is 7.41. The first-order valence-electron chi connectivity index (χ1n) is 14.3. The lowest BCUT2D eigenvalue weighted by molar-refractivity contribution is -0.383. The summed E-state index contributed by atoms with van der Waals surface area (Å²) in [5.41, 5.74) is 0.993. The second kappa shape index (κ2) is 15.7. The fourth-order valence-electron chi connectivity index (χ4n) is 4.85. The number of carbonyl (C=O) groups is 2. The zero-order valence-electron chi connectivity index (χ0n) is 24.9. The summed E-state index contributed by atoms with van der Waals surface area (Å²) >= 11 is 0. The molecule has 9 atom stereocenters. The summed E-state index contributed by atoms with van der Waals surface area (Å²) in [6, 6.07) is 10.1. The molecular weight excluding hydrogens is 628 g/mol. The van der Waals surface area contributed by atoms with E-state index in [0.717, 1.165) is 12.2 Å². The maximum atomic E-state index is 12.8. The van der Waals surface area contributed by atoms with Crippen LogP contribution in [0.2, 0.25) is 0 Å². The maximum Gasteiger partial charge on any atom is 0.331 e. The van der Waals surface area contributed by atoms with E-state index in [0.29, 0.717) is 11.1 Å². The summed E-state index contributed by atoms with van der Waals surface area (Å²) < 4.78 is 32.3. The molecule has 47 heavy (non-hydrogen) atoms. The maximum absolute atomic E-state index is 12.8. The molecule has 2 saturated heterocycles. The Hall–Kier alpha value is -4.10. The van der Waals surface area contributed by atoms with Gasteiger partial charge < -0.3 is 69.3 Å². The monoisotopic (exact) mass is 664 g/mol. The SMILES string of the molecule is COc1cc(C=CC(=O)OC2C(O)C(CO)OC2(CO)OC2OC(COC(=O)C=Cc3ccc(O)cc3)C(O)C(O)C2O)ccc1O. The van der Waals surface area contributed by atoms with Crippen LogP contribution in [-0.4, -0.2) is 135 Å². The van der Waals surface area contributed by atoms with Gasteiger partial charge in [-0.2, -0.15) is 0 Å². The van der Waals surface area contributed by atoms with Crippen LogP contribution in [-0.2, 0) is 33.3 Å². The third kappa shape index (κ3) is 8.44. The molecule has 9 unspecified atom stereocenters. The number of aromatic hydroxyl groups is 2. The average molecular weight is 665 g/mol. The Morgan fingerprint density at radius 1 is 0.851 bits per heavy atom. The molecule has 0 aromatic heterocycles. The predicted octanol–water partition coefficient (Wildman–Crippen LogP) is -1.45. The molecule has 0 aliphatic carbocycles. The van der Waals surface area contributed by atoms with Gasteiger partial charge in [-0.1, -0.05) is 18.2 Å². The van der Waals surface area contributed by atoms with Gasteiger partial charge in [0.05, 0.1) is 13.7 Å².